The van der Waals surface area contributed by atoms with Crippen LogP contribution in [0.4, 0.5) is 0 Å². The second-order valence-electron chi connectivity index (χ2n) is 3.55. The molecule has 0 saturated carbocycles. The van der Waals surface area contributed by atoms with Gasteiger partial charge in [-0.15, -0.1) is 0 Å². The van der Waals surface area contributed by atoms with Gasteiger partial charge in [0.05, 0.1) is 0 Å². The van der Waals surface area contributed by atoms with Crippen LogP contribution in [0.3, 0.4) is 0 Å². The summed E-state index contributed by atoms with van der Waals surface area (Å²) < 4.78 is 5.31. The number of amides is 1. The molecular formula is C11H13NO2. The van der Waals surface area contributed by atoms with Gasteiger partial charge in [-0.1, -0.05) is 24.3 Å². The number of hydrogen-bond acceptors (Lipinski definition) is 2. The molecule has 0 radical (unpaired) electrons. The monoisotopic (exact) mass is 191 g/mol. The molecule has 1 amide bonds. The first-order valence-corrected chi connectivity index (χ1v) is 4.64. The standard InChI is InChI=1S/C11H13NO2/c1-14-11(10(12)13)7-6-8-4-2-3-5-9(8)11/h2-5H,6-7H2,1H3,(H2,12,13). The topological polar surface area (TPSA) is 52.3 Å². The summed E-state index contributed by atoms with van der Waals surface area (Å²) in [5.41, 5.74) is 6.59. The number of ether oxygens (including phenoxy) is 1. The third-order valence-corrected chi connectivity index (χ3v) is 2.95. The fourth-order valence-electron chi connectivity index (χ4n) is 2.15. The maximum Gasteiger partial charge on any atom is 0.254 e. The Morgan fingerprint density at radius 2 is 2.21 bits per heavy atom. The number of carbonyl (C=O) groups excluding carboxylic acids is 1. The third kappa shape index (κ3) is 1.06. The maximum atomic E-state index is 11.4. The fraction of sp³-hybridized carbons (Fsp3) is 0.364. The number of carbonyl (C=O) groups is 1. The van der Waals surface area contributed by atoms with Gasteiger partial charge >= 0.3 is 0 Å². The Morgan fingerprint density at radius 1 is 1.50 bits per heavy atom. The summed E-state index contributed by atoms with van der Waals surface area (Å²) in [6.45, 7) is 0. The first kappa shape index (κ1) is 9.21. The van der Waals surface area contributed by atoms with Crippen molar-refractivity contribution in [3.05, 3.63) is 35.4 Å². The largest absolute Gasteiger partial charge is 0.367 e. The molecule has 0 heterocycles. The molecule has 1 aromatic rings. The Labute approximate surface area is 82.9 Å². The molecule has 2 rings (SSSR count). The Bertz CT molecular complexity index is 375. The molecule has 14 heavy (non-hydrogen) atoms. The zero-order chi connectivity index (χ0) is 10.2. The van der Waals surface area contributed by atoms with Crippen molar-refractivity contribution in [2.45, 2.75) is 18.4 Å². The van der Waals surface area contributed by atoms with Crippen LogP contribution in [0.5, 0.6) is 0 Å². The summed E-state index contributed by atoms with van der Waals surface area (Å²) >= 11 is 0. The highest BCUT2D eigenvalue weighted by molar-refractivity contribution is 5.86. The van der Waals surface area contributed by atoms with Crippen LogP contribution in [0.1, 0.15) is 17.5 Å². The number of methoxy groups -OCH3 is 1. The second-order valence-corrected chi connectivity index (χ2v) is 3.55. The predicted octanol–water partition coefficient (Wildman–Crippen LogP) is 0.960. The molecule has 1 atom stereocenters. The van der Waals surface area contributed by atoms with Gasteiger partial charge in [-0.25, -0.2) is 0 Å². The van der Waals surface area contributed by atoms with Gasteiger partial charge in [-0.3, -0.25) is 4.79 Å². The summed E-state index contributed by atoms with van der Waals surface area (Å²) in [6, 6.07) is 7.79. The molecule has 3 heteroatoms. The van der Waals surface area contributed by atoms with E-state index in [0.717, 1.165) is 17.5 Å². The van der Waals surface area contributed by atoms with Crippen molar-refractivity contribution in [2.24, 2.45) is 5.73 Å². The summed E-state index contributed by atoms with van der Waals surface area (Å²) in [6.07, 6.45) is 1.51. The minimum atomic E-state index is -0.892. The minimum absolute atomic E-state index is 0.398. The van der Waals surface area contributed by atoms with E-state index in [2.05, 4.69) is 0 Å². The van der Waals surface area contributed by atoms with Crippen molar-refractivity contribution in [3.8, 4) is 0 Å². The smallest absolute Gasteiger partial charge is 0.254 e. The van der Waals surface area contributed by atoms with Gasteiger partial charge in [0.25, 0.3) is 5.91 Å². The van der Waals surface area contributed by atoms with E-state index < -0.39 is 11.5 Å². The molecule has 0 aromatic heterocycles. The molecule has 1 unspecified atom stereocenters. The lowest BCUT2D eigenvalue weighted by atomic mass is 9.95. The molecule has 2 N–H and O–H groups in total. The Kier molecular flexibility index (Phi) is 2.04. The van der Waals surface area contributed by atoms with Gasteiger partial charge < -0.3 is 10.5 Å². The average Bonchev–Trinajstić information content (AvgIpc) is 2.57. The normalized spacial score (nSPS) is 24.6. The fourth-order valence-corrected chi connectivity index (χ4v) is 2.15. The van der Waals surface area contributed by atoms with Crippen LogP contribution < -0.4 is 5.73 Å². The number of nitrogens with two attached hydrogens (primary N) is 1. The summed E-state index contributed by atoms with van der Waals surface area (Å²) in [4.78, 5) is 11.4. The number of primary amides is 1. The highest BCUT2D eigenvalue weighted by atomic mass is 16.5. The number of aryl methyl sites for hydroxylation is 1. The van der Waals surface area contributed by atoms with Crippen molar-refractivity contribution < 1.29 is 9.53 Å². The zero-order valence-electron chi connectivity index (χ0n) is 8.12. The second kappa shape index (κ2) is 3.10. The van der Waals surface area contributed by atoms with E-state index in [1.54, 1.807) is 0 Å². The van der Waals surface area contributed by atoms with E-state index in [9.17, 15) is 4.79 Å². The van der Waals surface area contributed by atoms with E-state index in [0.29, 0.717) is 6.42 Å². The van der Waals surface area contributed by atoms with Crippen LogP contribution in [0.25, 0.3) is 0 Å². The van der Waals surface area contributed by atoms with Crippen LogP contribution >= 0.6 is 0 Å². The minimum Gasteiger partial charge on any atom is -0.367 e. The molecule has 0 aliphatic heterocycles. The van der Waals surface area contributed by atoms with Crippen molar-refractivity contribution >= 4 is 5.91 Å². The summed E-state index contributed by atoms with van der Waals surface area (Å²) in [7, 11) is 1.53. The Hall–Kier alpha value is -1.35. The van der Waals surface area contributed by atoms with E-state index >= 15 is 0 Å². The van der Waals surface area contributed by atoms with Gasteiger partial charge in [0.2, 0.25) is 0 Å². The lowest BCUT2D eigenvalue weighted by Gasteiger charge is -2.24. The van der Waals surface area contributed by atoms with Crippen LogP contribution in [-0.2, 0) is 21.6 Å². The van der Waals surface area contributed by atoms with E-state index in [1.807, 2.05) is 24.3 Å². The number of benzene rings is 1. The number of rotatable bonds is 2. The summed E-state index contributed by atoms with van der Waals surface area (Å²) in [5, 5.41) is 0. The van der Waals surface area contributed by atoms with Crippen molar-refractivity contribution in [3.63, 3.8) is 0 Å². The van der Waals surface area contributed by atoms with Gasteiger partial charge in [0, 0.05) is 7.11 Å². The van der Waals surface area contributed by atoms with Crippen molar-refractivity contribution in [2.75, 3.05) is 7.11 Å². The quantitative estimate of drug-likeness (QED) is 0.757. The first-order chi connectivity index (χ1) is 6.70. The highest BCUT2D eigenvalue weighted by Crippen LogP contribution is 2.39. The molecule has 0 fully saturated rings. The molecule has 74 valence electrons. The van der Waals surface area contributed by atoms with E-state index in [1.165, 1.54) is 7.11 Å². The van der Waals surface area contributed by atoms with Crippen molar-refractivity contribution in [1.29, 1.82) is 0 Å². The Morgan fingerprint density at radius 3 is 2.86 bits per heavy atom. The molecule has 0 saturated heterocycles. The van der Waals surface area contributed by atoms with Crippen molar-refractivity contribution in [1.82, 2.24) is 0 Å². The van der Waals surface area contributed by atoms with E-state index in [-0.39, 0.29) is 0 Å². The lowest BCUT2D eigenvalue weighted by molar-refractivity contribution is -0.141. The Balaban J connectivity index is 2.55. The van der Waals surface area contributed by atoms with Crippen LogP contribution in [-0.4, -0.2) is 13.0 Å². The van der Waals surface area contributed by atoms with Gasteiger partial charge in [0.15, 0.2) is 5.60 Å². The number of hydrogen-bond donors (Lipinski definition) is 1. The molecular weight excluding hydrogens is 178 g/mol. The molecule has 1 aliphatic rings. The molecule has 1 aromatic carbocycles. The third-order valence-electron chi connectivity index (χ3n) is 2.95. The average molecular weight is 191 g/mol. The SMILES string of the molecule is COC1(C(N)=O)CCc2ccccc21. The zero-order valence-corrected chi connectivity index (χ0v) is 8.12. The highest BCUT2D eigenvalue weighted by Gasteiger charge is 2.43. The van der Waals surface area contributed by atoms with Crippen LogP contribution in [0.15, 0.2) is 24.3 Å². The molecule has 3 nitrogen and oxygen atoms in total. The van der Waals surface area contributed by atoms with Crippen LogP contribution in [0, 0.1) is 0 Å². The maximum absolute atomic E-state index is 11.4. The predicted molar refractivity (Wildman–Crippen MR) is 52.6 cm³/mol. The van der Waals surface area contributed by atoms with Gasteiger partial charge in [0.1, 0.15) is 0 Å². The van der Waals surface area contributed by atoms with Crippen LogP contribution in [0.2, 0.25) is 0 Å². The first-order valence-electron chi connectivity index (χ1n) is 4.64. The van der Waals surface area contributed by atoms with E-state index in [4.69, 9.17) is 10.5 Å². The van der Waals surface area contributed by atoms with Gasteiger partial charge in [-0.2, -0.15) is 0 Å². The van der Waals surface area contributed by atoms with Gasteiger partial charge in [-0.05, 0) is 24.0 Å². The summed E-state index contributed by atoms with van der Waals surface area (Å²) in [5.74, 6) is -0.398. The lowest BCUT2D eigenvalue weighted by Crippen LogP contribution is -2.40. The molecule has 0 bridgehead atoms. The number of fused-ring (bicyclic) bond motifs is 1. The molecule has 1 aliphatic carbocycles. The molecule has 0 spiro atoms.